The predicted octanol–water partition coefficient (Wildman–Crippen LogP) is 2.40. The van der Waals surface area contributed by atoms with Gasteiger partial charge in [-0.25, -0.2) is 9.97 Å². The molecule has 0 saturated carbocycles. The summed E-state index contributed by atoms with van der Waals surface area (Å²) in [6.45, 7) is 11.0. The van der Waals surface area contributed by atoms with Crippen molar-refractivity contribution < 1.29 is 9.53 Å². The van der Waals surface area contributed by atoms with E-state index >= 15 is 0 Å². The third-order valence-corrected chi connectivity index (χ3v) is 4.39. The molecule has 0 aliphatic carbocycles. The Morgan fingerprint density at radius 3 is 2.48 bits per heavy atom. The number of nitrogens with one attached hydrogen (secondary N) is 2. The normalized spacial score (nSPS) is 14.8. The third-order valence-electron chi connectivity index (χ3n) is 4.39. The Balaban J connectivity index is 1.62. The van der Waals surface area contributed by atoms with Gasteiger partial charge in [0.25, 0.3) is 5.91 Å². The van der Waals surface area contributed by atoms with Crippen LogP contribution in [0.2, 0.25) is 0 Å². The highest BCUT2D eigenvalue weighted by Gasteiger charge is 2.13. The first-order chi connectivity index (χ1) is 13.0. The summed E-state index contributed by atoms with van der Waals surface area (Å²) in [5.41, 5.74) is 3.34. The van der Waals surface area contributed by atoms with Crippen molar-refractivity contribution in [3.63, 3.8) is 0 Å². The van der Waals surface area contributed by atoms with E-state index in [0.29, 0.717) is 17.3 Å². The molecule has 1 aliphatic heterocycles. The monoisotopic (exact) mass is 369 g/mol. The molecule has 144 valence electrons. The van der Waals surface area contributed by atoms with Crippen LogP contribution in [0.15, 0.2) is 24.3 Å². The summed E-state index contributed by atoms with van der Waals surface area (Å²) in [7, 11) is 0. The van der Waals surface area contributed by atoms with Crippen LogP contribution in [0.3, 0.4) is 0 Å². The van der Waals surface area contributed by atoms with E-state index < -0.39 is 0 Å². The lowest BCUT2D eigenvalue weighted by atomic mass is 10.1. The van der Waals surface area contributed by atoms with Crippen LogP contribution >= 0.6 is 0 Å². The zero-order valence-corrected chi connectivity index (χ0v) is 16.2. The smallest absolute Gasteiger partial charge is 0.274 e. The summed E-state index contributed by atoms with van der Waals surface area (Å²) in [5, 5.41) is 6.22. The lowest BCUT2D eigenvalue weighted by molar-refractivity contribution is 0.0398. The number of benzene rings is 1. The second-order valence-corrected chi connectivity index (χ2v) is 6.90. The molecular weight excluding hydrogens is 342 g/mol. The van der Waals surface area contributed by atoms with E-state index in [1.165, 1.54) is 0 Å². The first kappa shape index (κ1) is 19.3. The number of anilines is 2. The minimum absolute atomic E-state index is 0.235. The number of rotatable bonds is 6. The molecule has 3 rings (SSSR count). The number of hydrogen-bond acceptors (Lipinski definition) is 6. The number of hydrogen-bond donors (Lipinski definition) is 2. The molecule has 27 heavy (non-hydrogen) atoms. The minimum Gasteiger partial charge on any atom is -0.379 e. The third kappa shape index (κ3) is 5.74. The lowest BCUT2D eigenvalue weighted by Crippen LogP contribution is -2.39. The Morgan fingerprint density at radius 1 is 1.07 bits per heavy atom. The van der Waals surface area contributed by atoms with Gasteiger partial charge in [0.1, 0.15) is 17.3 Å². The van der Waals surface area contributed by atoms with Crippen LogP contribution in [0.25, 0.3) is 0 Å². The number of nitrogens with zero attached hydrogens (tertiary/aromatic N) is 3. The quantitative estimate of drug-likeness (QED) is 0.814. The highest BCUT2D eigenvalue weighted by atomic mass is 16.5. The molecule has 7 nitrogen and oxygen atoms in total. The molecule has 1 aliphatic rings. The number of ether oxygens (including phenoxy) is 1. The van der Waals surface area contributed by atoms with Crippen LogP contribution in [-0.2, 0) is 4.74 Å². The van der Waals surface area contributed by atoms with Gasteiger partial charge in [-0.15, -0.1) is 0 Å². The average molecular weight is 369 g/mol. The zero-order chi connectivity index (χ0) is 19.2. The highest BCUT2D eigenvalue weighted by molar-refractivity contribution is 6.03. The van der Waals surface area contributed by atoms with Gasteiger partial charge in [-0.05, 0) is 44.0 Å². The SMILES string of the molecule is Cc1cc(C)cc(NC(=O)c2cc(NCCN3CCOCC3)nc(C)n2)c1. The van der Waals surface area contributed by atoms with E-state index in [4.69, 9.17) is 4.74 Å². The van der Waals surface area contributed by atoms with E-state index in [0.717, 1.165) is 56.2 Å². The summed E-state index contributed by atoms with van der Waals surface area (Å²) in [5.74, 6) is 1.00. The molecule has 0 radical (unpaired) electrons. The van der Waals surface area contributed by atoms with Crippen molar-refractivity contribution in [2.75, 3.05) is 50.0 Å². The van der Waals surface area contributed by atoms with Gasteiger partial charge in [0, 0.05) is 37.9 Å². The van der Waals surface area contributed by atoms with Crippen molar-refractivity contribution in [3.8, 4) is 0 Å². The van der Waals surface area contributed by atoms with E-state index in [1.54, 1.807) is 13.0 Å². The Labute approximate surface area is 160 Å². The Bertz CT molecular complexity index is 783. The van der Waals surface area contributed by atoms with Crippen LogP contribution in [0, 0.1) is 20.8 Å². The summed E-state index contributed by atoms with van der Waals surface area (Å²) in [4.78, 5) is 23.6. The number of aryl methyl sites for hydroxylation is 3. The van der Waals surface area contributed by atoms with Crippen LogP contribution in [0.4, 0.5) is 11.5 Å². The molecule has 2 heterocycles. The Morgan fingerprint density at radius 2 is 1.78 bits per heavy atom. The van der Waals surface area contributed by atoms with Crippen molar-refractivity contribution in [1.29, 1.82) is 0 Å². The fourth-order valence-electron chi connectivity index (χ4n) is 3.18. The number of amides is 1. The predicted molar refractivity (Wildman–Crippen MR) is 106 cm³/mol. The van der Waals surface area contributed by atoms with E-state index in [9.17, 15) is 4.79 Å². The minimum atomic E-state index is -0.235. The second kappa shape index (κ2) is 8.92. The van der Waals surface area contributed by atoms with Crippen LogP contribution in [-0.4, -0.2) is 60.2 Å². The van der Waals surface area contributed by atoms with Gasteiger partial charge < -0.3 is 15.4 Å². The largest absolute Gasteiger partial charge is 0.379 e. The molecule has 1 saturated heterocycles. The maximum atomic E-state index is 12.6. The second-order valence-electron chi connectivity index (χ2n) is 6.90. The maximum Gasteiger partial charge on any atom is 0.274 e. The summed E-state index contributed by atoms with van der Waals surface area (Å²) in [6, 6.07) is 7.66. The molecule has 0 atom stereocenters. The van der Waals surface area contributed by atoms with E-state index in [-0.39, 0.29) is 5.91 Å². The van der Waals surface area contributed by atoms with Gasteiger partial charge >= 0.3 is 0 Å². The van der Waals surface area contributed by atoms with Crippen molar-refractivity contribution >= 4 is 17.4 Å². The van der Waals surface area contributed by atoms with Gasteiger partial charge in [0.15, 0.2) is 0 Å². The Kier molecular flexibility index (Phi) is 6.36. The molecular formula is C20H27N5O2. The molecule has 1 aromatic heterocycles. The molecule has 1 aromatic carbocycles. The number of aromatic nitrogens is 2. The fraction of sp³-hybridized carbons (Fsp3) is 0.450. The van der Waals surface area contributed by atoms with Crippen LogP contribution in [0.1, 0.15) is 27.4 Å². The summed E-state index contributed by atoms with van der Waals surface area (Å²) >= 11 is 0. The highest BCUT2D eigenvalue weighted by Crippen LogP contribution is 2.15. The van der Waals surface area contributed by atoms with Gasteiger partial charge in [-0.1, -0.05) is 6.07 Å². The van der Waals surface area contributed by atoms with Gasteiger partial charge in [0.05, 0.1) is 13.2 Å². The first-order valence-corrected chi connectivity index (χ1v) is 9.29. The fourth-order valence-corrected chi connectivity index (χ4v) is 3.18. The Hall–Kier alpha value is -2.51. The number of carbonyl (C=O) groups is 1. The number of carbonyl (C=O) groups excluding carboxylic acids is 1. The van der Waals surface area contributed by atoms with Crippen molar-refractivity contribution in [1.82, 2.24) is 14.9 Å². The molecule has 2 aromatic rings. The average Bonchev–Trinajstić information content (AvgIpc) is 2.61. The van der Waals surface area contributed by atoms with E-state index in [1.807, 2.05) is 26.0 Å². The molecule has 0 spiro atoms. The lowest BCUT2D eigenvalue weighted by Gasteiger charge is -2.26. The number of morpholine rings is 1. The standard InChI is InChI=1S/C20H27N5O2/c1-14-10-15(2)12-17(11-14)24-20(26)18-13-19(23-16(3)22-18)21-4-5-25-6-8-27-9-7-25/h10-13H,4-9H2,1-3H3,(H,24,26)(H,21,22,23). The molecule has 7 heteroatoms. The van der Waals surface area contributed by atoms with Crippen LogP contribution < -0.4 is 10.6 Å². The summed E-state index contributed by atoms with van der Waals surface area (Å²) in [6.07, 6.45) is 0. The van der Waals surface area contributed by atoms with Gasteiger partial charge in [-0.2, -0.15) is 0 Å². The molecule has 1 amide bonds. The van der Waals surface area contributed by atoms with Gasteiger partial charge in [0.2, 0.25) is 0 Å². The zero-order valence-electron chi connectivity index (χ0n) is 16.2. The van der Waals surface area contributed by atoms with E-state index in [2.05, 4.69) is 31.6 Å². The maximum absolute atomic E-state index is 12.6. The molecule has 0 bridgehead atoms. The molecule has 0 unspecified atom stereocenters. The van der Waals surface area contributed by atoms with Crippen molar-refractivity contribution in [2.45, 2.75) is 20.8 Å². The summed E-state index contributed by atoms with van der Waals surface area (Å²) < 4.78 is 5.36. The van der Waals surface area contributed by atoms with Crippen LogP contribution in [0.5, 0.6) is 0 Å². The molecule has 1 fully saturated rings. The first-order valence-electron chi connectivity index (χ1n) is 9.29. The van der Waals surface area contributed by atoms with Crippen molar-refractivity contribution in [3.05, 3.63) is 46.9 Å². The topological polar surface area (TPSA) is 79.4 Å². The molecule has 2 N–H and O–H groups in total. The van der Waals surface area contributed by atoms with Gasteiger partial charge in [-0.3, -0.25) is 9.69 Å². The van der Waals surface area contributed by atoms with Crippen molar-refractivity contribution in [2.24, 2.45) is 0 Å².